The lowest BCUT2D eigenvalue weighted by molar-refractivity contribution is -0.143. The Bertz CT molecular complexity index is 1200. The van der Waals surface area contributed by atoms with Crippen LogP contribution in [0.4, 0.5) is 21.0 Å². The average molecular weight is 499 g/mol. The monoisotopic (exact) mass is 498 g/mol. The Hall–Kier alpha value is -4.33. The molecule has 8 heteroatoms. The summed E-state index contributed by atoms with van der Waals surface area (Å²) in [5.74, 6) is -1.13. The number of hydrogen-bond acceptors (Lipinski definition) is 3. The van der Waals surface area contributed by atoms with E-state index in [1.165, 1.54) is 9.80 Å². The molecule has 0 aliphatic carbocycles. The highest BCUT2D eigenvalue weighted by Gasteiger charge is 2.42. The first-order chi connectivity index (χ1) is 18.0. The van der Waals surface area contributed by atoms with Crippen LogP contribution in [0.25, 0.3) is 0 Å². The number of para-hydroxylation sites is 2. The second kappa shape index (κ2) is 10.7. The van der Waals surface area contributed by atoms with Crippen molar-refractivity contribution in [1.29, 1.82) is 0 Å². The molecule has 0 unspecified atom stereocenters. The fraction of sp³-hybridized carbons (Fsp3) is 0.276. The van der Waals surface area contributed by atoms with Crippen LogP contribution < -0.4 is 4.90 Å². The third kappa shape index (κ3) is 5.00. The Kier molecular flexibility index (Phi) is 7.07. The minimum Gasteiger partial charge on any atom is -0.480 e. The van der Waals surface area contributed by atoms with Gasteiger partial charge in [0.2, 0.25) is 0 Å². The Balaban J connectivity index is 1.37. The Morgan fingerprint density at radius 3 is 1.86 bits per heavy atom. The van der Waals surface area contributed by atoms with Gasteiger partial charge >= 0.3 is 18.0 Å². The highest BCUT2D eigenvalue weighted by Crippen LogP contribution is 2.33. The van der Waals surface area contributed by atoms with Gasteiger partial charge in [-0.2, -0.15) is 0 Å². The average Bonchev–Trinajstić information content (AvgIpc) is 3.44. The topological polar surface area (TPSA) is 84.4 Å². The summed E-state index contributed by atoms with van der Waals surface area (Å²) in [5, 5.41) is 10.1. The number of amides is 4. The number of carbonyl (C=O) groups is 3. The van der Waals surface area contributed by atoms with Crippen LogP contribution in [0.2, 0.25) is 0 Å². The molecular formula is C29H30N4O4. The third-order valence-electron chi connectivity index (χ3n) is 7.08. The molecule has 3 aromatic rings. The van der Waals surface area contributed by atoms with E-state index in [0.717, 1.165) is 18.4 Å². The maximum atomic E-state index is 13.9. The van der Waals surface area contributed by atoms with E-state index in [-0.39, 0.29) is 31.7 Å². The van der Waals surface area contributed by atoms with Gasteiger partial charge in [0.25, 0.3) is 0 Å². The van der Waals surface area contributed by atoms with E-state index in [0.29, 0.717) is 17.9 Å². The van der Waals surface area contributed by atoms with Gasteiger partial charge in [-0.05, 0) is 42.7 Å². The summed E-state index contributed by atoms with van der Waals surface area (Å²) in [7, 11) is 0. The van der Waals surface area contributed by atoms with Gasteiger partial charge in [-0.3, -0.25) is 4.90 Å². The number of rotatable bonds is 4. The molecule has 0 bridgehead atoms. The van der Waals surface area contributed by atoms with Gasteiger partial charge in [0.1, 0.15) is 6.04 Å². The molecule has 0 radical (unpaired) electrons. The molecule has 2 aliphatic heterocycles. The summed E-state index contributed by atoms with van der Waals surface area (Å²) in [6.45, 7) is 0.964. The fourth-order valence-corrected chi connectivity index (χ4v) is 5.25. The Morgan fingerprint density at radius 1 is 0.730 bits per heavy atom. The Labute approximate surface area is 216 Å². The molecule has 37 heavy (non-hydrogen) atoms. The summed E-state index contributed by atoms with van der Waals surface area (Å²) in [4.78, 5) is 46.1. The lowest BCUT2D eigenvalue weighted by Crippen LogP contribution is -2.62. The SMILES string of the molecule is O=C(O)[C@@H]1CN(C(=O)N2CCC[C@@H]2c2ccccc2)CCN1C(=O)N(c1ccccc1)c1ccccc1. The molecule has 0 saturated carbocycles. The highest BCUT2D eigenvalue weighted by atomic mass is 16.4. The summed E-state index contributed by atoms with van der Waals surface area (Å²) in [6, 6.07) is 26.5. The number of aliphatic carboxylic acids is 1. The van der Waals surface area contributed by atoms with Crippen LogP contribution in [0, 0.1) is 0 Å². The van der Waals surface area contributed by atoms with Crippen molar-refractivity contribution >= 4 is 29.4 Å². The fourth-order valence-electron chi connectivity index (χ4n) is 5.25. The summed E-state index contributed by atoms with van der Waals surface area (Å²) < 4.78 is 0. The van der Waals surface area contributed by atoms with Crippen molar-refractivity contribution in [3.63, 3.8) is 0 Å². The largest absolute Gasteiger partial charge is 0.480 e. The highest BCUT2D eigenvalue weighted by molar-refractivity contribution is 6.01. The van der Waals surface area contributed by atoms with E-state index in [4.69, 9.17) is 0 Å². The molecule has 2 atom stereocenters. The van der Waals surface area contributed by atoms with Gasteiger partial charge in [-0.15, -0.1) is 0 Å². The van der Waals surface area contributed by atoms with E-state index < -0.39 is 18.0 Å². The first-order valence-corrected chi connectivity index (χ1v) is 12.6. The third-order valence-corrected chi connectivity index (χ3v) is 7.08. The molecule has 1 N–H and O–H groups in total. The zero-order valence-electron chi connectivity index (χ0n) is 20.5. The molecule has 2 saturated heterocycles. The molecule has 190 valence electrons. The smallest absolute Gasteiger partial charge is 0.329 e. The van der Waals surface area contributed by atoms with Crippen LogP contribution in [-0.4, -0.2) is 70.1 Å². The second-order valence-corrected chi connectivity index (χ2v) is 9.33. The minimum absolute atomic E-state index is 0.0247. The van der Waals surface area contributed by atoms with Crippen molar-refractivity contribution in [1.82, 2.24) is 14.7 Å². The van der Waals surface area contributed by atoms with Gasteiger partial charge in [0.05, 0.1) is 24.0 Å². The molecular weight excluding hydrogens is 468 g/mol. The zero-order valence-corrected chi connectivity index (χ0v) is 20.5. The van der Waals surface area contributed by atoms with Gasteiger partial charge in [-0.25, -0.2) is 14.4 Å². The molecule has 2 fully saturated rings. The van der Waals surface area contributed by atoms with E-state index in [1.807, 2.05) is 95.9 Å². The van der Waals surface area contributed by atoms with E-state index in [9.17, 15) is 19.5 Å². The van der Waals surface area contributed by atoms with E-state index in [2.05, 4.69) is 0 Å². The van der Waals surface area contributed by atoms with Crippen LogP contribution in [0.5, 0.6) is 0 Å². The lowest BCUT2D eigenvalue weighted by atomic mass is 10.0. The maximum absolute atomic E-state index is 13.9. The van der Waals surface area contributed by atoms with Gasteiger partial charge < -0.3 is 19.8 Å². The first-order valence-electron chi connectivity index (χ1n) is 12.6. The molecule has 0 aromatic heterocycles. The first kappa shape index (κ1) is 24.4. The molecule has 0 spiro atoms. The number of benzene rings is 3. The number of anilines is 2. The molecule has 2 heterocycles. The molecule has 8 nitrogen and oxygen atoms in total. The van der Waals surface area contributed by atoms with Crippen molar-refractivity contribution < 1.29 is 19.5 Å². The number of likely N-dealkylation sites (tertiary alicyclic amines) is 1. The maximum Gasteiger partial charge on any atom is 0.329 e. The van der Waals surface area contributed by atoms with Crippen molar-refractivity contribution in [2.24, 2.45) is 0 Å². The van der Waals surface area contributed by atoms with Gasteiger partial charge in [0.15, 0.2) is 0 Å². The van der Waals surface area contributed by atoms with Crippen LogP contribution >= 0.6 is 0 Å². The molecule has 4 amide bonds. The van der Waals surface area contributed by atoms with Crippen molar-refractivity contribution in [3.8, 4) is 0 Å². The Morgan fingerprint density at radius 2 is 1.30 bits per heavy atom. The van der Waals surface area contributed by atoms with Crippen molar-refractivity contribution in [3.05, 3.63) is 96.6 Å². The van der Waals surface area contributed by atoms with Crippen LogP contribution in [-0.2, 0) is 4.79 Å². The number of carboxylic acid groups (broad SMARTS) is 1. The standard InChI is InChI=1S/C29H30N4O4/c34-27(35)26-21-30(28(36)31-18-10-17-25(31)22-11-4-1-5-12-22)19-20-32(26)29(37)33(23-13-6-2-7-14-23)24-15-8-3-9-16-24/h1-9,11-16,25-26H,10,17-21H2,(H,34,35)/t25-,26+/m1/s1. The van der Waals surface area contributed by atoms with E-state index >= 15 is 0 Å². The van der Waals surface area contributed by atoms with Crippen molar-refractivity contribution in [2.45, 2.75) is 24.9 Å². The van der Waals surface area contributed by atoms with Crippen LogP contribution in [0.3, 0.4) is 0 Å². The summed E-state index contributed by atoms with van der Waals surface area (Å²) >= 11 is 0. The molecule has 3 aromatic carbocycles. The number of urea groups is 2. The van der Waals surface area contributed by atoms with Crippen LogP contribution in [0.15, 0.2) is 91.0 Å². The van der Waals surface area contributed by atoms with Gasteiger partial charge in [-0.1, -0.05) is 66.7 Å². The zero-order chi connectivity index (χ0) is 25.8. The second-order valence-electron chi connectivity index (χ2n) is 9.33. The predicted molar refractivity (Wildman–Crippen MR) is 141 cm³/mol. The van der Waals surface area contributed by atoms with Gasteiger partial charge in [0, 0.05) is 19.6 Å². The number of nitrogens with zero attached hydrogens (tertiary/aromatic N) is 4. The summed E-state index contributed by atoms with van der Waals surface area (Å²) in [5.41, 5.74) is 2.37. The quantitative estimate of drug-likeness (QED) is 0.550. The number of hydrogen-bond donors (Lipinski definition) is 1. The number of carboxylic acids is 1. The molecule has 5 rings (SSSR count). The predicted octanol–water partition coefficient (Wildman–Crippen LogP) is 4.97. The normalized spacial score (nSPS) is 19.5. The lowest BCUT2D eigenvalue weighted by Gasteiger charge is -2.43. The minimum atomic E-state index is -1.15. The van der Waals surface area contributed by atoms with Crippen LogP contribution in [0.1, 0.15) is 24.4 Å². The number of piperazine rings is 1. The molecule has 2 aliphatic rings. The van der Waals surface area contributed by atoms with E-state index in [1.54, 1.807) is 4.90 Å². The number of carbonyl (C=O) groups excluding carboxylic acids is 2. The summed E-state index contributed by atoms with van der Waals surface area (Å²) in [6.07, 6.45) is 1.77. The van der Waals surface area contributed by atoms with Crippen molar-refractivity contribution in [2.75, 3.05) is 31.1 Å².